The standard InChI is InChI=1S/C22H25N5O4/c1-30-12-11-27-18-8-7-16(22(29)25-10-9-19(28)31-2)13-17(18)26-21(27)15-5-3-14(4-6-15)20(23)24/h3-8,13H,9-12H2,1-2H3,(H3,23,24)(H,25,29). The molecule has 0 aliphatic heterocycles. The van der Waals surface area contributed by atoms with E-state index in [-0.39, 0.29) is 30.7 Å². The molecular weight excluding hydrogens is 398 g/mol. The Morgan fingerprint density at radius 3 is 2.48 bits per heavy atom. The van der Waals surface area contributed by atoms with E-state index in [1.807, 2.05) is 22.8 Å². The zero-order valence-corrected chi connectivity index (χ0v) is 17.5. The second-order valence-electron chi connectivity index (χ2n) is 6.86. The van der Waals surface area contributed by atoms with Crippen LogP contribution in [0.1, 0.15) is 22.3 Å². The Bertz CT molecular complexity index is 1110. The highest BCUT2D eigenvalue weighted by molar-refractivity contribution is 5.98. The van der Waals surface area contributed by atoms with Gasteiger partial charge in [0.25, 0.3) is 5.91 Å². The number of aromatic nitrogens is 2. The number of benzene rings is 2. The average Bonchev–Trinajstić information content (AvgIpc) is 3.15. The maximum atomic E-state index is 12.4. The Labute approximate surface area is 179 Å². The van der Waals surface area contributed by atoms with Crippen molar-refractivity contribution in [2.75, 3.05) is 27.4 Å². The van der Waals surface area contributed by atoms with E-state index in [2.05, 4.69) is 10.1 Å². The number of ether oxygens (including phenoxy) is 2. The van der Waals surface area contributed by atoms with Crippen LogP contribution in [0, 0.1) is 5.41 Å². The lowest BCUT2D eigenvalue weighted by Crippen LogP contribution is -2.26. The Kier molecular flexibility index (Phi) is 6.99. The van der Waals surface area contributed by atoms with E-state index in [1.54, 1.807) is 31.4 Å². The number of amides is 1. The van der Waals surface area contributed by atoms with Gasteiger partial charge in [-0.25, -0.2) is 4.98 Å². The lowest BCUT2D eigenvalue weighted by molar-refractivity contribution is -0.140. The first kappa shape index (κ1) is 22.0. The molecule has 4 N–H and O–H groups in total. The number of carbonyl (C=O) groups excluding carboxylic acids is 2. The third-order valence-electron chi connectivity index (χ3n) is 4.83. The van der Waals surface area contributed by atoms with Gasteiger partial charge in [-0.05, 0) is 18.2 Å². The van der Waals surface area contributed by atoms with Crippen molar-refractivity contribution in [3.8, 4) is 11.4 Å². The average molecular weight is 423 g/mol. The van der Waals surface area contributed by atoms with Gasteiger partial charge in [0.15, 0.2) is 0 Å². The second-order valence-corrected chi connectivity index (χ2v) is 6.86. The second kappa shape index (κ2) is 9.86. The molecule has 0 aliphatic rings. The highest BCUT2D eigenvalue weighted by Gasteiger charge is 2.15. The van der Waals surface area contributed by atoms with Gasteiger partial charge in [-0.15, -0.1) is 0 Å². The van der Waals surface area contributed by atoms with Crippen LogP contribution in [-0.2, 0) is 20.8 Å². The van der Waals surface area contributed by atoms with Crippen LogP contribution in [0.2, 0.25) is 0 Å². The Morgan fingerprint density at radius 1 is 1.13 bits per heavy atom. The summed E-state index contributed by atoms with van der Waals surface area (Å²) in [5.41, 5.74) is 9.03. The van der Waals surface area contributed by atoms with Crippen LogP contribution in [0.25, 0.3) is 22.4 Å². The van der Waals surface area contributed by atoms with Gasteiger partial charge in [0.1, 0.15) is 11.7 Å². The molecule has 0 saturated carbocycles. The maximum Gasteiger partial charge on any atom is 0.307 e. The fraction of sp³-hybridized carbons (Fsp3) is 0.273. The first-order valence-electron chi connectivity index (χ1n) is 9.73. The summed E-state index contributed by atoms with van der Waals surface area (Å²) in [6, 6.07) is 12.6. The number of nitrogens with zero attached hydrogens (tertiary/aromatic N) is 2. The fourth-order valence-electron chi connectivity index (χ4n) is 3.18. The smallest absolute Gasteiger partial charge is 0.307 e. The largest absolute Gasteiger partial charge is 0.469 e. The van der Waals surface area contributed by atoms with Crippen molar-refractivity contribution in [2.45, 2.75) is 13.0 Å². The molecule has 1 amide bonds. The van der Waals surface area contributed by atoms with E-state index in [0.717, 1.165) is 16.9 Å². The van der Waals surface area contributed by atoms with Crippen LogP contribution in [0.5, 0.6) is 0 Å². The molecule has 9 heteroatoms. The van der Waals surface area contributed by atoms with Crippen molar-refractivity contribution in [3.63, 3.8) is 0 Å². The summed E-state index contributed by atoms with van der Waals surface area (Å²) in [5, 5.41) is 10.3. The number of hydrogen-bond acceptors (Lipinski definition) is 6. The molecule has 3 aromatic rings. The predicted octanol–water partition coefficient (Wildman–Crippen LogP) is 1.93. The van der Waals surface area contributed by atoms with Crippen molar-refractivity contribution in [1.82, 2.24) is 14.9 Å². The number of nitrogen functional groups attached to an aromatic ring is 1. The van der Waals surface area contributed by atoms with Gasteiger partial charge in [-0.3, -0.25) is 15.0 Å². The number of imidazole rings is 1. The number of methoxy groups -OCH3 is 2. The Balaban J connectivity index is 1.92. The van der Waals surface area contributed by atoms with E-state index in [1.165, 1.54) is 7.11 Å². The van der Waals surface area contributed by atoms with Crippen molar-refractivity contribution < 1.29 is 19.1 Å². The molecule has 0 unspecified atom stereocenters. The minimum Gasteiger partial charge on any atom is -0.469 e. The number of nitrogens with two attached hydrogens (primary N) is 1. The van der Waals surface area contributed by atoms with Crippen molar-refractivity contribution in [1.29, 1.82) is 5.41 Å². The first-order chi connectivity index (χ1) is 14.9. The van der Waals surface area contributed by atoms with Crippen LogP contribution in [0.4, 0.5) is 0 Å². The highest BCUT2D eigenvalue weighted by Crippen LogP contribution is 2.26. The zero-order valence-electron chi connectivity index (χ0n) is 17.5. The monoisotopic (exact) mass is 423 g/mol. The Morgan fingerprint density at radius 2 is 1.84 bits per heavy atom. The van der Waals surface area contributed by atoms with Crippen molar-refractivity contribution >= 4 is 28.7 Å². The molecule has 3 rings (SSSR count). The molecule has 1 heterocycles. The normalized spacial score (nSPS) is 10.8. The lowest BCUT2D eigenvalue weighted by atomic mass is 10.1. The molecule has 0 spiro atoms. The van der Waals surface area contributed by atoms with Crippen LogP contribution in [0.15, 0.2) is 42.5 Å². The van der Waals surface area contributed by atoms with E-state index < -0.39 is 0 Å². The fourth-order valence-corrected chi connectivity index (χ4v) is 3.18. The molecule has 162 valence electrons. The molecular formula is C22H25N5O4. The molecule has 0 radical (unpaired) electrons. The summed E-state index contributed by atoms with van der Waals surface area (Å²) in [6.45, 7) is 1.28. The van der Waals surface area contributed by atoms with E-state index in [0.29, 0.717) is 29.8 Å². The van der Waals surface area contributed by atoms with Crippen LogP contribution < -0.4 is 11.1 Å². The maximum absolute atomic E-state index is 12.4. The number of fused-ring (bicyclic) bond motifs is 1. The number of esters is 1. The van der Waals surface area contributed by atoms with Gasteiger partial charge in [0.2, 0.25) is 0 Å². The zero-order chi connectivity index (χ0) is 22.4. The SMILES string of the molecule is COCCn1c(-c2ccc(C(=N)N)cc2)nc2cc(C(=O)NCCC(=O)OC)ccc21. The Hall–Kier alpha value is -3.72. The van der Waals surface area contributed by atoms with Crippen molar-refractivity contribution in [3.05, 3.63) is 53.6 Å². The van der Waals surface area contributed by atoms with Gasteiger partial charge in [0, 0.05) is 36.9 Å². The number of rotatable bonds is 9. The van der Waals surface area contributed by atoms with Gasteiger partial charge in [-0.2, -0.15) is 0 Å². The third kappa shape index (κ3) is 5.07. The molecule has 31 heavy (non-hydrogen) atoms. The van der Waals surface area contributed by atoms with Gasteiger partial charge in [-0.1, -0.05) is 24.3 Å². The van der Waals surface area contributed by atoms with Gasteiger partial charge >= 0.3 is 5.97 Å². The van der Waals surface area contributed by atoms with Crippen LogP contribution in [0.3, 0.4) is 0 Å². The quantitative estimate of drug-likeness (QED) is 0.274. The third-order valence-corrected chi connectivity index (χ3v) is 4.83. The highest BCUT2D eigenvalue weighted by atomic mass is 16.5. The number of carbonyl (C=O) groups is 2. The molecule has 9 nitrogen and oxygen atoms in total. The van der Waals surface area contributed by atoms with Crippen molar-refractivity contribution in [2.24, 2.45) is 5.73 Å². The number of amidine groups is 1. The molecule has 0 saturated heterocycles. The summed E-state index contributed by atoms with van der Waals surface area (Å²) in [7, 11) is 2.94. The summed E-state index contributed by atoms with van der Waals surface area (Å²) in [5.74, 6) is 0.0605. The van der Waals surface area contributed by atoms with Gasteiger partial charge in [0.05, 0.1) is 31.2 Å². The molecule has 0 bridgehead atoms. The topological polar surface area (TPSA) is 132 Å². The predicted molar refractivity (Wildman–Crippen MR) is 117 cm³/mol. The molecule has 0 fully saturated rings. The molecule has 2 aromatic carbocycles. The van der Waals surface area contributed by atoms with E-state index in [4.69, 9.17) is 20.9 Å². The summed E-state index contributed by atoms with van der Waals surface area (Å²) in [6.07, 6.45) is 0.108. The van der Waals surface area contributed by atoms with E-state index in [9.17, 15) is 9.59 Å². The number of hydrogen-bond donors (Lipinski definition) is 3. The van der Waals surface area contributed by atoms with Crippen LogP contribution in [-0.4, -0.2) is 54.6 Å². The minimum atomic E-state index is -0.381. The summed E-state index contributed by atoms with van der Waals surface area (Å²) >= 11 is 0. The van der Waals surface area contributed by atoms with Gasteiger partial charge < -0.3 is 25.1 Å². The van der Waals surface area contributed by atoms with E-state index >= 15 is 0 Å². The summed E-state index contributed by atoms with van der Waals surface area (Å²) < 4.78 is 11.8. The minimum absolute atomic E-state index is 0.00212. The summed E-state index contributed by atoms with van der Waals surface area (Å²) in [4.78, 5) is 28.4. The lowest BCUT2D eigenvalue weighted by Gasteiger charge is -2.09. The molecule has 1 aromatic heterocycles. The molecule has 0 atom stereocenters. The first-order valence-corrected chi connectivity index (χ1v) is 9.73. The number of nitrogens with one attached hydrogen (secondary N) is 2. The molecule has 0 aliphatic carbocycles. The van der Waals surface area contributed by atoms with Crippen LogP contribution >= 0.6 is 0 Å².